The Morgan fingerprint density at radius 3 is 2.47 bits per heavy atom. The number of hydrogen-bond donors (Lipinski definition) is 3. The molecule has 0 unspecified atom stereocenters. The third kappa shape index (κ3) is 5.17. The first-order chi connectivity index (χ1) is 15.6. The van der Waals surface area contributed by atoms with Gasteiger partial charge in [-0.25, -0.2) is 14.5 Å². The SMILES string of the molecule is C[C@H](C(=O)Nc1cccc(NC(=O)NCc2ccnc(-n3cccn3)c2)c1)n1cccn1. The van der Waals surface area contributed by atoms with Crippen LogP contribution in [0.25, 0.3) is 5.82 Å². The number of pyridine rings is 1. The lowest BCUT2D eigenvalue weighted by Gasteiger charge is -2.14. The van der Waals surface area contributed by atoms with Crippen LogP contribution in [0.5, 0.6) is 0 Å². The summed E-state index contributed by atoms with van der Waals surface area (Å²) in [4.78, 5) is 29.0. The maximum atomic E-state index is 12.4. The Kier molecular flexibility index (Phi) is 6.21. The van der Waals surface area contributed by atoms with Gasteiger partial charge in [-0.2, -0.15) is 10.2 Å². The number of hydrogen-bond acceptors (Lipinski definition) is 5. The van der Waals surface area contributed by atoms with Gasteiger partial charge in [0.15, 0.2) is 5.82 Å². The van der Waals surface area contributed by atoms with E-state index < -0.39 is 6.04 Å². The summed E-state index contributed by atoms with van der Waals surface area (Å²) in [7, 11) is 0. The van der Waals surface area contributed by atoms with Gasteiger partial charge in [0.05, 0.1) is 0 Å². The van der Waals surface area contributed by atoms with Crippen molar-refractivity contribution in [2.45, 2.75) is 19.5 Å². The van der Waals surface area contributed by atoms with E-state index in [4.69, 9.17) is 0 Å². The van der Waals surface area contributed by atoms with Crippen molar-refractivity contribution in [3.63, 3.8) is 0 Å². The number of carbonyl (C=O) groups excluding carboxylic acids is 2. The fourth-order valence-electron chi connectivity index (χ4n) is 3.01. The number of carbonyl (C=O) groups is 2. The van der Waals surface area contributed by atoms with Crippen LogP contribution in [-0.2, 0) is 11.3 Å². The number of urea groups is 1. The van der Waals surface area contributed by atoms with Crippen molar-refractivity contribution >= 4 is 23.3 Å². The molecule has 0 saturated carbocycles. The molecule has 0 aliphatic carbocycles. The Bertz CT molecular complexity index is 1190. The topological polar surface area (TPSA) is 119 Å². The fraction of sp³-hybridized carbons (Fsp3) is 0.136. The molecule has 4 rings (SSSR count). The highest BCUT2D eigenvalue weighted by Gasteiger charge is 2.15. The van der Waals surface area contributed by atoms with Gasteiger partial charge in [-0.15, -0.1) is 0 Å². The Morgan fingerprint density at radius 1 is 0.938 bits per heavy atom. The molecule has 3 N–H and O–H groups in total. The Balaban J connectivity index is 1.32. The summed E-state index contributed by atoms with van der Waals surface area (Å²) in [5, 5.41) is 16.7. The third-order valence-electron chi connectivity index (χ3n) is 4.69. The van der Waals surface area contributed by atoms with E-state index in [0.29, 0.717) is 23.7 Å². The summed E-state index contributed by atoms with van der Waals surface area (Å²) in [6, 6.07) is 13.4. The molecule has 0 radical (unpaired) electrons. The predicted molar refractivity (Wildman–Crippen MR) is 119 cm³/mol. The number of nitrogens with zero attached hydrogens (tertiary/aromatic N) is 5. The molecule has 10 nitrogen and oxygen atoms in total. The molecule has 1 atom stereocenters. The van der Waals surface area contributed by atoms with Gasteiger partial charge in [-0.3, -0.25) is 9.48 Å². The summed E-state index contributed by atoms with van der Waals surface area (Å²) >= 11 is 0. The highest BCUT2D eigenvalue weighted by Crippen LogP contribution is 2.17. The summed E-state index contributed by atoms with van der Waals surface area (Å²) in [5.41, 5.74) is 2.01. The lowest BCUT2D eigenvalue weighted by atomic mass is 10.2. The van der Waals surface area contributed by atoms with Crippen molar-refractivity contribution in [1.29, 1.82) is 0 Å². The van der Waals surface area contributed by atoms with Gasteiger partial charge in [0, 0.05) is 48.9 Å². The van der Waals surface area contributed by atoms with Crippen LogP contribution in [0.15, 0.2) is 79.5 Å². The van der Waals surface area contributed by atoms with Gasteiger partial charge >= 0.3 is 6.03 Å². The van der Waals surface area contributed by atoms with E-state index in [0.717, 1.165) is 5.56 Å². The largest absolute Gasteiger partial charge is 0.334 e. The van der Waals surface area contributed by atoms with Crippen LogP contribution in [0.1, 0.15) is 18.5 Å². The Labute approximate surface area is 184 Å². The van der Waals surface area contributed by atoms with Crippen molar-refractivity contribution in [3.05, 3.63) is 85.1 Å². The minimum atomic E-state index is -0.461. The van der Waals surface area contributed by atoms with Gasteiger partial charge in [0.25, 0.3) is 0 Å². The van der Waals surface area contributed by atoms with Crippen LogP contribution in [-0.4, -0.2) is 36.5 Å². The van der Waals surface area contributed by atoms with Gasteiger partial charge in [0.1, 0.15) is 6.04 Å². The van der Waals surface area contributed by atoms with Crippen LogP contribution < -0.4 is 16.0 Å². The first-order valence-corrected chi connectivity index (χ1v) is 9.98. The van der Waals surface area contributed by atoms with E-state index in [2.05, 4.69) is 31.1 Å². The van der Waals surface area contributed by atoms with E-state index in [1.54, 1.807) is 77.6 Å². The van der Waals surface area contributed by atoms with Gasteiger partial charge in [-0.05, 0) is 55.0 Å². The molecule has 0 bridgehead atoms. The molecule has 3 amide bonds. The molecular formula is C22H22N8O2. The third-order valence-corrected chi connectivity index (χ3v) is 4.69. The van der Waals surface area contributed by atoms with E-state index in [-0.39, 0.29) is 11.9 Å². The normalized spacial score (nSPS) is 11.5. The molecule has 0 aliphatic rings. The second-order valence-corrected chi connectivity index (χ2v) is 7.01. The second-order valence-electron chi connectivity index (χ2n) is 7.01. The van der Waals surface area contributed by atoms with Crippen LogP contribution in [0.2, 0.25) is 0 Å². The maximum absolute atomic E-state index is 12.4. The number of aromatic nitrogens is 5. The number of rotatable bonds is 7. The zero-order valence-corrected chi connectivity index (χ0v) is 17.3. The van der Waals surface area contributed by atoms with Crippen LogP contribution >= 0.6 is 0 Å². The fourth-order valence-corrected chi connectivity index (χ4v) is 3.01. The molecule has 0 saturated heterocycles. The molecule has 1 aromatic carbocycles. The van der Waals surface area contributed by atoms with E-state index in [9.17, 15) is 9.59 Å². The van der Waals surface area contributed by atoms with Crippen LogP contribution in [0, 0.1) is 0 Å². The molecule has 0 fully saturated rings. The number of benzene rings is 1. The Morgan fingerprint density at radius 2 is 1.72 bits per heavy atom. The standard InChI is InChI=1S/C22H22N8O2/c1-16(29-11-3-8-25-29)21(31)27-18-5-2-6-19(14-18)28-22(32)24-15-17-7-10-23-20(13-17)30-12-4-9-26-30/h2-14,16H,15H2,1H3,(H,27,31)(H2,24,28,32)/t16-/m1/s1. The smallest absolute Gasteiger partial charge is 0.319 e. The molecule has 3 heterocycles. The second kappa shape index (κ2) is 9.56. The van der Waals surface area contributed by atoms with E-state index in [1.807, 2.05) is 18.2 Å². The van der Waals surface area contributed by atoms with E-state index >= 15 is 0 Å². The number of nitrogens with one attached hydrogen (secondary N) is 3. The molecule has 0 spiro atoms. The lowest BCUT2D eigenvalue weighted by Crippen LogP contribution is -2.28. The molecule has 10 heteroatoms. The zero-order valence-electron chi connectivity index (χ0n) is 17.3. The predicted octanol–water partition coefficient (Wildman–Crippen LogP) is 2.99. The molecular weight excluding hydrogens is 408 g/mol. The number of amides is 3. The van der Waals surface area contributed by atoms with Crippen molar-refractivity contribution < 1.29 is 9.59 Å². The van der Waals surface area contributed by atoms with Gasteiger partial charge < -0.3 is 16.0 Å². The average Bonchev–Trinajstić information content (AvgIpc) is 3.52. The summed E-state index contributed by atoms with van der Waals surface area (Å²) in [5.74, 6) is 0.462. The van der Waals surface area contributed by atoms with Crippen molar-refractivity contribution in [1.82, 2.24) is 29.9 Å². The highest BCUT2D eigenvalue weighted by atomic mass is 16.2. The van der Waals surface area contributed by atoms with Crippen molar-refractivity contribution in [3.8, 4) is 5.82 Å². The highest BCUT2D eigenvalue weighted by molar-refractivity contribution is 5.95. The Hall–Kier alpha value is -4.47. The molecule has 162 valence electrons. The van der Waals surface area contributed by atoms with Crippen molar-refractivity contribution in [2.24, 2.45) is 0 Å². The molecule has 0 aliphatic heterocycles. The van der Waals surface area contributed by atoms with Crippen molar-refractivity contribution in [2.75, 3.05) is 10.6 Å². The monoisotopic (exact) mass is 430 g/mol. The maximum Gasteiger partial charge on any atom is 0.319 e. The van der Waals surface area contributed by atoms with Crippen LogP contribution in [0.4, 0.5) is 16.2 Å². The number of anilines is 2. The summed E-state index contributed by atoms with van der Waals surface area (Å²) in [6.07, 6.45) is 8.50. The average molecular weight is 430 g/mol. The molecule has 4 aromatic rings. The van der Waals surface area contributed by atoms with Crippen LogP contribution in [0.3, 0.4) is 0 Å². The minimum absolute atomic E-state index is 0.207. The van der Waals surface area contributed by atoms with Gasteiger partial charge in [-0.1, -0.05) is 6.07 Å². The summed E-state index contributed by atoms with van der Waals surface area (Å²) < 4.78 is 3.22. The first kappa shape index (κ1) is 20.8. The molecule has 32 heavy (non-hydrogen) atoms. The van der Waals surface area contributed by atoms with E-state index in [1.165, 1.54) is 0 Å². The first-order valence-electron chi connectivity index (χ1n) is 9.98. The molecule has 3 aromatic heterocycles. The lowest BCUT2D eigenvalue weighted by molar-refractivity contribution is -0.119. The minimum Gasteiger partial charge on any atom is -0.334 e. The quantitative estimate of drug-likeness (QED) is 0.416. The zero-order chi connectivity index (χ0) is 22.3. The van der Waals surface area contributed by atoms with Gasteiger partial charge in [0.2, 0.25) is 5.91 Å². The summed E-state index contributed by atoms with van der Waals surface area (Å²) in [6.45, 7) is 2.08.